The Bertz CT molecular complexity index is 528. The Morgan fingerprint density at radius 3 is 2.84 bits per heavy atom. The quantitative estimate of drug-likeness (QED) is 0.888. The second kappa shape index (κ2) is 4.15. The van der Waals surface area contributed by atoms with Gasteiger partial charge in [0, 0.05) is 17.7 Å². The lowest BCUT2D eigenvalue weighted by Gasteiger charge is -2.20. The minimum absolute atomic E-state index is 0.172. The molecule has 3 atom stereocenters. The summed E-state index contributed by atoms with van der Waals surface area (Å²) < 4.78 is 10.6. The van der Waals surface area contributed by atoms with Gasteiger partial charge in [0.15, 0.2) is 11.5 Å². The first-order valence-corrected chi connectivity index (χ1v) is 7.00. The average molecular weight is 259 g/mol. The van der Waals surface area contributed by atoms with Crippen LogP contribution in [0.1, 0.15) is 25.7 Å². The second-order valence-electron chi connectivity index (χ2n) is 5.84. The summed E-state index contributed by atoms with van der Waals surface area (Å²) in [7, 11) is 0. The van der Waals surface area contributed by atoms with Gasteiger partial charge in [-0.2, -0.15) is 0 Å². The topological polar surface area (TPSA) is 47.6 Å². The molecule has 2 saturated carbocycles. The highest BCUT2D eigenvalue weighted by Gasteiger charge is 2.43. The smallest absolute Gasteiger partial charge is 0.231 e. The zero-order valence-electron chi connectivity index (χ0n) is 10.7. The van der Waals surface area contributed by atoms with E-state index in [0.717, 1.165) is 23.8 Å². The number of carbonyl (C=O) groups is 1. The molecule has 1 heterocycles. The number of fused-ring (bicyclic) bond motifs is 3. The Hall–Kier alpha value is -1.71. The molecule has 0 unspecified atom stereocenters. The van der Waals surface area contributed by atoms with Crippen molar-refractivity contribution in [2.75, 3.05) is 12.1 Å². The van der Waals surface area contributed by atoms with E-state index in [9.17, 15) is 4.79 Å². The molecule has 0 radical (unpaired) electrons. The van der Waals surface area contributed by atoms with Crippen molar-refractivity contribution in [3.05, 3.63) is 18.2 Å². The summed E-state index contributed by atoms with van der Waals surface area (Å²) >= 11 is 0. The van der Waals surface area contributed by atoms with Gasteiger partial charge in [0.25, 0.3) is 0 Å². The number of nitrogens with one attached hydrogen (secondary N) is 1. The van der Waals surface area contributed by atoms with Gasteiger partial charge in [-0.3, -0.25) is 4.79 Å². The van der Waals surface area contributed by atoms with E-state index in [-0.39, 0.29) is 18.6 Å². The van der Waals surface area contributed by atoms with Gasteiger partial charge in [-0.05, 0) is 43.2 Å². The van der Waals surface area contributed by atoms with Gasteiger partial charge >= 0.3 is 0 Å². The molecule has 2 fully saturated rings. The number of rotatable bonds is 2. The molecule has 1 aliphatic heterocycles. The van der Waals surface area contributed by atoms with E-state index in [1.807, 2.05) is 18.2 Å². The van der Waals surface area contributed by atoms with E-state index in [1.54, 1.807) is 0 Å². The second-order valence-corrected chi connectivity index (χ2v) is 5.84. The lowest BCUT2D eigenvalue weighted by molar-refractivity contribution is -0.121. The number of amides is 1. The van der Waals surface area contributed by atoms with Gasteiger partial charge < -0.3 is 14.8 Å². The van der Waals surface area contributed by atoms with Crippen LogP contribution in [0.25, 0.3) is 0 Å². The number of hydrogen-bond acceptors (Lipinski definition) is 3. The number of ether oxygens (including phenoxy) is 2. The van der Waals surface area contributed by atoms with Crippen LogP contribution >= 0.6 is 0 Å². The highest BCUT2D eigenvalue weighted by Crippen LogP contribution is 2.48. The highest BCUT2D eigenvalue weighted by molar-refractivity contribution is 5.93. The van der Waals surface area contributed by atoms with Crippen molar-refractivity contribution in [2.24, 2.45) is 17.8 Å². The van der Waals surface area contributed by atoms with Crippen LogP contribution in [-0.2, 0) is 4.79 Å². The molecule has 2 aliphatic carbocycles. The average Bonchev–Trinajstić information content (AvgIpc) is 3.13. The first-order chi connectivity index (χ1) is 9.29. The Labute approximate surface area is 112 Å². The van der Waals surface area contributed by atoms with E-state index in [1.165, 1.54) is 19.3 Å². The third-order valence-corrected chi connectivity index (χ3v) is 4.71. The molecule has 4 rings (SSSR count). The molecule has 1 aromatic carbocycles. The normalized spacial score (nSPS) is 30.6. The van der Waals surface area contributed by atoms with Gasteiger partial charge in [0.1, 0.15) is 0 Å². The zero-order chi connectivity index (χ0) is 12.8. The van der Waals surface area contributed by atoms with Gasteiger partial charge in [0.05, 0.1) is 0 Å². The lowest BCUT2D eigenvalue weighted by atomic mass is 9.88. The zero-order valence-corrected chi connectivity index (χ0v) is 10.7. The van der Waals surface area contributed by atoms with Crippen molar-refractivity contribution in [2.45, 2.75) is 25.7 Å². The summed E-state index contributed by atoms with van der Waals surface area (Å²) in [6.45, 7) is 0.263. The molecule has 0 saturated heterocycles. The van der Waals surface area contributed by atoms with Gasteiger partial charge in [-0.25, -0.2) is 0 Å². The summed E-state index contributed by atoms with van der Waals surface area (Å²) in [4.78, 5) is 12.3. The maximum absolute atomic E-state index is 12.3. The summed E-state index contributed by atoms with van der Waals surface area (Å²) in [5.74, 6) is 3.25. The highest BCUT2D eigenvalue weighted by atomic mass is 16.7. The number of benzene rings is 1. The molecule has 4 heteroatoms. The minimum Gasteiger partial charge on any atom is -0.454 e. The number of anilines is 1. The predicted molar refractivity (Wildman–Crippen MR) is 70.1 cm³/mol. The predicted octanol–water partition coefficient (Wildman–Crippen LogP) is 2.79. The van der Waals surface area contributed by atoms with E-state index in [2.05, 4.69) is 5.32 Å². The van der Waals surface area contributed by atoms with E-state index in [4.69, 9.17) is 9.47 Å². The molecule has 1 amide bonds. The third kappa shape index (κ3) is 1.86. The molecule has 0 aromatic heterocycles. The van der Waals surface area contributed by atoms with Crippen molar-refractivity contribution in [1.29, 1.82) is 0 Å². The maximum Gasteiger partial charge on any atom is 0.231 e. The Morgan fingerprint density at radius 1 is 1.16 bits per heavy atom. The van der Waals surface area contributed by atoms with Crippen LogP contribution in [-0.4, -0.2) is 12.7 Å². The standard InChI is InChI=1S/C15H17NO3/c17-15(12-6-9-1-2-10(12)5-9)16-11-3-4-13-14(7-11)19-8-18-13/h3-4,7,9-10,12H,1-2,5-6,8H2,(H,16,17)/t9-,10+,12+/m0/s1. The monoisotopic (exact) mass is 259 g/mol. The van der Waals surface area contributed by atoms with E-state index < -0.39 is 0 Å². The molecule has 19 heavy (non-hydrogen) atoms. The minimum atomic E-state index is 0.172. The molecular weight excluding hydrogens is 242 g/mol. The molecule has 3 aliphatic rings. The lowest BCUT2D eigenvalue weighted by Crippen LogP contribution is -2.27. The molecule has 2 bridgehead atoms. The Morgan fingerprint density at radius 2 is 2.05 bits per heavy atom. The molecule has 0 spiro atoms. The van der Waals surface area contributed by atoms with E-state index >= 15 is 0 Å². The molecule has 1 aromatic rings. The fourth-order valence-corrected chi connectivity index (χ4v) is 3.78. The number of hydrogen-bond donors (Lipinski definition) is 1. The first kappa shape index (κ1) is 11.1. The van der Waals surface area contributed by atoms with Crippen LogP contribution < -0.4 is 14.8 Å². The molecule has 1 N–H and O–H groups in total. The molecule has 4 nitrogen and oxygen atoms in total. The summed E-state index contributed by atoms with van der Waals surface area (Å²) in [6, 6.07) is 5.56. The number of carbonyl (C=O) groups excluding carboxylic acids is 1. The van der Waals surface area contributed by atoms with Crippen molar-refractivity contribution in [3.63, 3.8) is 0 Å². The molecular formula is C15H17NO3. The van der Waals surface area contributed by atoms with Crippen molar-refractivity contribution < 1.29 is 14.3 Å². The van der Waals surface area contributed by atoms with Crippen LogP contribution in [0.5, 0.6) is 11.5 Å². The summed E-state index contributed by atoms with van der Waals surface area (Å²) in [5, 5.41) is 3.02. The van der Waals surface area contributed by atoms with Crippen LogP contribution in [0.2, 0.25) is 0 Å². The largest absolute Gasteiger partial charge is 0.454 e. The fourth-order valence-electron chi connectivity index (χ4n) is 3.78. The van der Waals surface area contributed by atoms with Crippen molar-refractivity contribution in [1.82, 2.24) is 0 Å². The summed E-state index contributed by atoms with van der Waals surface area (Å²) in [5.41, 5.74) is 0.803. The van der Waals surface area contributed by atoms with Gasteiger partial charge in [0.2, 0.25) is 12.7 Å². The van der Waals surface area contributed by atoms with Crippen LogP contribution in [0.3, 0.4) is 0 Å². The Balaban J connectivity index is 1.48. The van der Waals surface area contributed by atoms with Crippen LogP contribution in [0, 0.1) is 17.8 Å². The van der Waals surface area contributed by atoms with Crippen LogP contribution in [0.4, 0.5) is 5.69 Å². The van der Waals surface area contributed by atoms with Crippen LogP contribution in [0.15, 0.2) is 18.2 Å². The van der Waals surface area contributed by atoms with Gasteiger partial charge in [-0.1, -0.05) is 6.42 Å². The third-order valence-electron chi connectivity index (χ3n) is 4.71. The van der Waals surface area contributed by atoms with Gasteiger partial charge in [-0.15, -0.1) is 0 Å². The van der Waals surface area contributed by atoms with Crippen molar-refractivity contribution in [3.8, 4) is 11.5 Å². The first-order valence-electron chi connectivity index (χ1n) is 7.00. The Kier molecular flexibility index (Phi) is 2.43. The summed E-state index contributed by atoms with van der Waals surface area (Å²) in [6.07, 6.45) is 4.86. The van der Waals surface area contributed by atoms with E-state index in [0.29, 0.717) is 11.7 Å². The maximum atomic E-state index is 12.3. The van der Waals surface area contributed by atoms with Crippen molar-refractivity contribution >= 4 is 11.6 Å². The molecule has 100 valence electrons. The SMILES string of the molecule is O=C(Nc1ccc2c(c1)OCO2)[C@@H]1C[C@H]2CC[C@@H]1C2. The fraction of sp³-hybridized carbons (Fsp3) is 0.533.